The Morgan fingerprint density at radius 2 is 1.80 bits per heavy atom. The molecule has 2 rings (SSSR count). The van der Waals surface area contributed by atoms with Crippen molar-refractivity contribution in [1.82, 2.24) is 9.80 Å². The molecule has 20 heavy (non-hydrogen) atoms. The molecule has 0 amide bonds. The van der Waals surface area contributed by atoms with Crippen LogP contribution in [0.1, 0.15) is 37.8 Å². The van der Waals surface area contributed by atoms with Gasteiger partial charge in [-0.3, -0.25) is 4.90 Å². The van der Waals surface area contributed by atoms with Crippen molar-refractivity contribution in [3.05, 3.63) is 35.6 Å². The molecule has 0 aliphatic carbocycles. The molecule has 1 aliphatic heterocycles. The Labute approximate surface area is 122 Å². The van der Waals surface area contributed by atoms with E-state index < -0.39 is 0 Å². The third kappa shape index (κ3) is 4.29. The summed E-state index contributed by atoms with van der Waals surface area (Å²) >= 11 is 0. The summed E-state index contributed by atoms with van der Waals surface area (Å²) in [7, 11) is 4.29. The zero-order valence-electron chi connectivity index (χ0n) is 13.0. The van der Waals surface area contributed by atoms with Gasteiger partial charge in [0.05, 0.1) is 0 Å². The van der Waals surface area contributed by atoms with Crippen molar-refractivity contribution in [1.29, 1.82) is 0 Å². The minimum absolute atomic E-state index is 0.150. The fourth-order valence-corrected chi connectivity index (χ4v) is 3.02. The highest BCUT2D eigenvalue weighted by atomic mass is 19.1. The second-order valence-electron chi connectivity index (χ2n) is 6.30. The molecule has 0 spiro atoms. The SMILES string of the molecule is CC(c1ccc(F)cc1)N1CCC(CCN(C)C)CC1. The van der Waals surface area contributed by atoms with Gasteiger partial charge >= 0.3 is 0 Å². The smallest absolute Gasteiger partial charge is 0.123 e. The van der Waals surface area contributed by atoms with Crippen molar-refractivity contribution in [2.75, 3.05) is 33.7 Å². The van der Waals surface area contributed by atoms with Gasteiger partial charge in [-0.15, -0.1) is 0 Å². The van der Waals surface area contributed by atoms with Crippen molar-refractivity contribution in [3.8, 4) is 0 Å². The molecular formula is C17H27FN2. The van der Waals surface area contributed by atoms with E-state index in [4.69, 9.17) is 0 Å². The molecule has 112 valence electrons. The molecule has 2 nitrogen and oxygen atoms in total. The molecule has 1 saturated heterocycles. The van der Waals surface area contributed by atoms with Gasteiger partial charge < -0.3 is 4.90 Å². The van der Waals surface area contributed by atoms with Crippen molar-refractivity contribution in [2.24, 2.45) is 5.92 Å². The maximum absolute atomic E-state index is 13.0. The van der Waals surface area contributed by atoms with Crippen LogP contribution in [-0.2, 0) is 0 Å². The van der Waals surface area contributed by atoms with Crippen LogP contribution < -0.4 is 0 Å². The highest BCUT2D eigenvalue weighted by Gasteiger charge is 2.23. The fraction of sp³-hybridized carbons (Fsp3) is 0.647. The summed E-state index contributed by atoms with van der Waals surface area (Å²) in [5, 5.41) is 0. The first-order valence-corrected chi connectivity index (χ1v) is 7.70. The molecule has 3 heteroatoms. The summed E-state index contributed by atoms with van der Waals surface area (Å²) in [5.41, 5.74) is 1.22. The Hall–Kier alpha value is -0.930. The predicted molar refractivity (Wildman–Crippen MR) is 82.3 cm³/mol. The van der Waals surface area contributed by atoms with Crippen LogP contribution in [0.4, 0.5) is 4.39 Å². The third-order valence-electron chi connectivity index (χ3n) is 4.53. The number of nitrogens with zero attached hydrogens (tertiary/aromatic N) is 2. The van der Waals surface area contributed by atoms with Gasteiger partial charge in [0.1, 0.15) is 5.82 Å². The number of benzene rings is 1. The zero-order valence-corrected chi connectivity index (χ0v) is 13.0. The van der Waals surface area contributed by atoms with E-state index in [-0.39, 0.29) is 5.82 Å². The highest BCUT2D eigenvalue weighted by molar-refractivity contribution is 5.19. The summed E-state index contributed by atoms with van der Waals surface area (Å²) in [5.74, 6) is 0.720. The lowest BCUT2D eigenvalue weighted by Crippen LogP contribution is -2.36. The van der Waals surface area contributed by atoms with Gasteiger partial charge in [-0.2, -0.15) is 0 Å². The van der Waals surface area contributed by atoms with E-state index in [1.807, 2.05) is 12.1 Å². The van der Waals surface area contributed by atoms with Gasteiger partial charge in [-0.1, -0.05) is 12.1 Å². The summed E-state index contributed by atoms with van der Waals surface area (Å²) in [4.78, 5) is 4.80. The molecular weight excluding hydrogens is 251 g/mol. The van der Waals surface area contributed by atoms with Gasteiger partial charge in [0.15, 0.2) is 0 Å². The molecule has 1 aromatic carbocycles. The van der Waals surface area contributed by atoms with Crippen LogP contribution >= 0.6 is 0 Å². The van der Waals surface area contributed by atoms with Crippen LogP contribution in [0.25, 0.3) is 0 Å². The number of halogens is 1. The second kappa shape index (κ2) is 7.19. The monoisotopic (exact) mass is 278 g/mol. The number of hydrogen-bond donors (Lipinski definition) is 0. The minimum atomic E-state index is -0.150. The zero-order chi connectivity index (χ0) is 14.5. The summed E-state index contributed by atoms with van der Waals surface area (Å²) in [6.45, 7) is 5.75. The number of rotatable bonds is 5. The fourth-order valence-electron chi connectivity index (χ4n) is 3.02. The van der Waals surface area contributed by atoms with Crippen molar-refractivity contribution < 1.29 is 4.39 Å². The van der Waals surface area contributed by atoms with E-state index in [0.29, 0.717) is 6.04 Å². The maximum atomic E-state index is 13.0. The maximum Gasteiger partial charge on any atom is 0.123 e. The van der Waals surface area contributed by atoms with E-state index >= 15 is 0 Å². The van der Waals surface area contributed by atoms with Gasteiger partial charge in [0.2, 0.25) is 0 Å². The third-order valence-corrected chi connectivity index (χ3v) is 4.53. The lowest BCUT2D eigenvalue weighted by atomic mass is 9.92. The van der Waals surface area contributed by atoms with E-state index in [0.717, 1.165) is 19.0 Å². The molecule has 1 heterocycles. The van der Waals surface area contributed by atoms with E-state index in [2.05, 4.69) is 30.8 Å². The van der Waals surface area contributed by atoms with Gasteiger partial charge in [-0.25, -0.2) is 4.39 Å². The first kappa shape index (κ1) is 15.5. The quantitative estimate of drug-likeness (QED) is 0.812. The van der Waals surface area contributed by atoms with Crippen LogP contribution in [0, 0.1) is 11.7 Å². The van der Waals surface area contributed by atoms with Gasteiger partial charge in [0, 0.05) is 6.04 Å². The minimum Gasteiger partial charge on any atom is -0.309 e. The predicted octanol–water partition coefficient (Wildman–Crippen LogP) is 3.55. The molecule has 1 aliphatic rings. The average molecular weight is 278 g/mol. The molecule has 0 radical (unpaired) electrons. The molecule has 1 fully saturated rings. The van der Waals surface area contributed by atoms with Crippen LogP contribution in [-0.4, -0.2) is 43.5 Å². The Morgan fingerprint density at radius 1 is 1.20 bits per heavy atom. The molecule has 0 bridgehead atoms. The van der Waals surface area contributed by atoms with Crippen molar-refractivity contribution in [3.63, 3.8) is 0 Å². The van der Waals surface area contributed by atoms with Crippen molar-refractivity contribution in [2.45, 2.75) is 32.2 Å². The van der Waals surface area contributed by atoms with E-state index in [9.17, 15) is 4.39 Å². The van der Waals surface area contributed by atoms with E-state index in [1.165, 1.54) is 31.4 Å². The standard InChI is InChI=1S/C17H27FN2/c1-14(16-4-6-17(18)7-5-16)20-12-9-15(10-13-20)8-11-19(2)3/h4-7,14-15H,8-13H2,1-3H3. The van der Waals surface area contributed by atoms with Gasteiger partial charge in [-0.05, 0) is 83.5 Å². The van der Waals surface area contributed by atoms with Crippen molar-refractivity contribution >= 4 is 0 Å². The Kier molecular flexibility index (Phi) is 5.55. The Morgan fingerprint density at radius 3 is 2.35 bits per heavy atom. The normalized spacial score (nSPS) is 19.4. The second-order valence-corrected chi connectivity index (χ2v) is 6.30. The summed E-state index contributed by atoms with van der Waals surface area (Å²) in [6.07, 6.45) is 3.89. The first-order valence-electron chi connectivity index (χ1n) is 7.70. The Balaban J connectivity index is 1.82. The largest absolute Gasteiger partial charge is 0.309 e. The number of hydrogen-bond acceptors (Lipinski definition) is 2. The Bertz CT molecular complexity index is 394. The lowest BCUT2D eigenvalue weighted by Gasteiger charge is -2.36. The van der Waals surface area contributed by atoms with Crippen LogP contribution in [0.5, 0.6) is 0 Å². The summed E-state index contributed by atoms with van der Waals surface area (Å²) in [6, 6.07) is 7.35. The summed E-state index contributed by atoms with van der Waals surface area (Å²) < 4.78 is 13.0. The van der Waals surface area contributed by atoms with Crippen LogP contribution in [0.15, 0.2) is 24.3 Å². The van der Waals surface area contributed by atoms with Crippen LogP contribution in [0.2, 0.25) is 0 Å². The molecule has 1 aromatic rings. The average Bonchev–Trinajstić information content (AvgIpc) is 2.46. The van der Waals surface area contributed by atoms with Crippen LogP contribution in [0.3, 0.4) is 0 Å². The number of likely N-dealkylation sites (tertiary alicyclic amines) is 1. The first-order chi connectivity index (χ1) is 9.56. The van der Waals surface area contributed by atoms with E-state index in [1.54, 1.807) is 12.1 Å². The molecule has 1 atom stereocenters. The molecule has 0 N–H and O–H groups in total. The van der Waals surface area contributed by atoms with Gasteiger partial charge in [0.25, 0.3) is 0 Å². The molecule has 0 aromatic heterocycles. The highest BCUT2D eigenvalue weighted by Crippen LogP contribution is 2.28. The molecule has 0 saturated carbocycles. The molecule has 1 unspecified atom stereocenters. The lowest BCUT2D eigenvalue weighted by molar-refractivity contribution is 0.133. The topological polar surface area (TPSA) is 6.48 Å². The number of piperidine rings is 1.